The predicted octanol–water partition coefficient (Wildman–Crippen LogP) is 1.06. The third-order valence-electron chi connectivity index (χ3n) is 2.98. The Kier molecular flexibility index (Phi) is 5.99. The Morgan fingerprint density at radius 1 is 1.35 bits per heavy atom. The lowest BCUT2D eigenvalue weighted by molar-refractivity contribution is -0.137. The van der Waals surface area contributed by atoms with Crippen LogP contribution >= 0.6 is 0 Å². The number of nitrogens with one attached hydrogen (secondary N) is 1. The van der Waals surface area contributed by atoms with Gasteiger partial charge in [-0.1, -0.05) is 12.1 Å². The minimum absolute atomic E-state index is 0.120. The SMILES string of the molecule is COc1ccc([C@@H](C)NC(=O)C(N)CCC(=O)O)cc1. The first-order chi connectivity index (χ1) is 9.43. The summed E-state index contributed by atoms with van der Waals surface area (Å²) in [4.78, 5) is 22.2. The second kappa shape index (κ2) is 7.49. The normalized spacial score (nSPS) is 13.3. The number of methoxy groups -OCH3 is 1. The van der Waals surface area contributed by atoms with Gasteiger partial charge in [-0.05, 0) is 31.0 Å². The fourth-order valence-corrected chi connectivity index (χ4v) is 1.71. The van der Waals surface area contributed by atoms with Crippen LogP contribution in [0.2, 0.25) is 0 Å². The monoisotopic (exact) mass is 280 g/mol. The average molecular weight is 280 g/mol. The van der Waals surface area contributed by atoms with Crippen molar-refractivity contribution in [1.29, 1.82) is 0 Å². The number of amides is 1. The Balaban J connectivity index is 2.53. The van der Waals surface area contributed by atoms with Crippen molar-refractivity contribution in [3.8, 4) is 5.75 Å². The topological polar surface area (TPSA) is 102 Å². The van der Waals surface area contributed by atoms with Gasteiger partial charge in [0.25, 0.3) is 0 Å². The third-order valence-corrected chi connectivity index (χ3v) is 2.98. The molecule has 0 bridgehead atoms. The number of hydrogen-bond donors (Lipinski definition) is 3. The summed E-state index contributed by atoms with van der Waals surface area (Å²) in [6.45, 7) is 1.84. The molecule has 110 valence electrons. The Labute approximate surface area is 117 Å². The average Bonchev–Trinajstić information content (AvgIpc) is 2.44. The maximum atomic E-state index is 11.8. The van der Waals surface area contributed by atoms with Crippen LogP contribution in [0.1, 0.15) is 31.4 Å². The number of rotatable bonds is 7. The molecule has 0 aromatic heterocycles. The van der Waals surface area contributed by atoms with Gasteiger partial charge in [0.2, 0.25) is 5.91 Å². The van der Waals surface area contributed by atoms with E-state index in [0.717, 1.165) is 11.3 Å². The zero-order valence-corrected chi connectivity index (χ0v) is 11.6. The first-order valence-electron chi connectivity index (χ1n) is 6.35. The third kappa shape index (κ3) is 4.89. The van der Waals surface area contributed by atoms with Gasteiger partial charge in [-0.25, -0.2) is 0 Å². The minimum Gasteiger partial charge on any atom is -0.497 e. The molecule has 1 unspecified atom stereocenters. The number of carbonyl (C=O) groups excluding carboxylic acids is 1. The summed E-state index contributed by atoms with van der Waals surface area (Å²) in [5.41, 5.74) is 6.56. The molecule has 1 rings (SSSR count). The Morgan fingerprint density at radius 2 is 1.95 bits per heavy atom. The fourth-order valence-electron chi connectivity index (χ4n) is 1.71. The van der Waals surface area contributed by atoms with Gasteiger partial charge in [0.05, 0.1) is 19.2 Å². The number of benzene rings is 1. The molecule has 2 atom stereocenters. The summed E-state index contributed by atoms with van der Waals surface area (Å²) in [6, 6.07) is 6.31. The zero-order chi connectivity index (χ0) is 15.1. The van der Waals surface area contributed by atoms with Gasteiger partial charge in [-0.2, -0.15) is 0 Å². The van der Waals surface area contributed by atoms with Crippen molar-refractivity contribution in [1.82, 2.24) is 5.32 Å². The second-order valence-corrected chi connectivity index (χ2v) is 4.54. The first-order valence-corrected chi connectivity index (χ1v) is 6.35. The van der Waals surface area contributed by atoms with Crippen molar-refractivity contribution in [2.45, 2.75) is 31.8 Å². The lowest BCUT2D eigenvalue weighted by atomic mass is 10.1. The Hall–Kier alpha value is -2.08. The van der Waals surface area contributed by atoms with Gasteiger partial charge < -0.3 is 20.9 Å². The highest BCUT2D eigenvalue weighted by Crippen LogP contribution is 2.17. The lowest BCUT2D eigenvalue weighted by Crippen LogP contribution is -2.41. The van der Waals surface area contributed by atoms with E-state index in [4.69, 9.17) is 15.6 Å². The van der Waals surface area contributed by atoms with E-state index in [0.29, 0.717) is 0 Å². The van der Waals surface area contributed by atoms with Crippen LogP contribution in [-0.2, 0) is 9.59 Å². The van der Waals surface area contributed by atoms with Crippen molar-refractivity contribution >= 4 is 11.9 Å². The molecule has 20 heavy (non-hydrogen) atoms. The van der Waals surface area contributed by atoms with Crippen molar-refractivity contribution in [2.24, 2.45) is 5.73 Å². The number of carbonyl (C=O) groups is 2. The Bertz CT molecular complexity index is 459. The van der Waals surface area contributed by atoms with Crippen molar-refractivity contribution in [2.75, 3.05) is 7.11 Å². The van der Waals surface area contributed by atoms with Crippen LogP contribution in [0.3, 0.4) is 0 Å². The summed E-state index contributed by atoms with van der Waals surface area (Å²) < 4.78 is 5.06. The van der Waals surface area contributed by atoms with E-state index < -0.39 is 12.0 Å². The molecule has 0 aliphatic rings. The molecule has 0 heterocycles. The van der Waals surface area contributed by atoms with E-state index >= 15 is 0 Å². The van der Waals surface area contributed by atoms with Crippen LogP contribution in [0.4, 0.5) is 0 Å². The predicted molar refractivity (Wildman–Crippen MR) is 74.4 cm³/mol. The molecule has 0 radical (unpaired) electrons. The molecule has 0 aliphatic heterocycles. The molecule has 4 N–H and O–H groups in total. The summed E-state index contributed by atoms with van der Waals surface area (Å²) in [5, 5.41) is 11.3. The molecule has 1 amide bonds. The number of aliphatic carboxylic acids is 1. The minimum atomic E-state index is -0.962. The summed E-state index contributed by atoms with van der Waals surface area (Å²) >= 11 is 0. The van der Waals surface area contributed by atoms with Crippen molar-refractivity contribution in [3.63, 3.8) is 0 Å². The molecule has 0 aliphatic carbocycles. The highest BCUT2D eigenvalue weighted by molar-refractivity contribution is 5.82. The van der Waals surface area contributed by atoms with Gasteiger partial charge in [0, 0.05) is 6.42 Å². The summed E-state index contributed by atoms with van der Waals surface area (Å²) in [5.74, 6) is -0.573. The molecule has 0 fully saturated rings. The molecule has 1 aromatic rings. The van der Waals surface area contributed by atoms with Crippen LogP contribution in [-0.4, -0.2) is 30.1 Å². The summed E-state index contributed by atoms with van der Waals surface area (Å²) in [7, 11) is 1.59. The molecule has 1 aromatic carbocycles. The zero-order valence-electron chi connectivity index (χ0n) is 11.6. The quantitative estimate of drug-likeness (QED) is 0.693. The van der Waals surface area contributed by atoms with Gasteiger partial charge in [-0.3, -0.25) is 9.59 Å². The van der Waals surface area contributed by atoms with Gasteiger partial charge >= 0.3 is 5.97 Å². The fraction of sp³-hybridized carbons (Fsp3) is 0.429. The smallest absolute Gasteiger partial charge is 0.303 e. The first kappa shape index (κ1) is 16.0. The largest absolute Gasteiger partial charge is 0.497 e. The van der Waals surface area contributed by atoms with Crippen LogP contribution in [0.25, 0.3) is 0 Å². The summed E-state index contributed by atoms with van der Waals surface area (Å²) in [6.07, 6.45) is 0.00199. The molecule has 6 nitrogen and oxygen atoms in total. The van der Waals surface area contributed by atoms with Gasteiger partial charge in [0.1, 0.15) is 5.75 Å². The molecule has 0 saturated carbocycles. The van der Waals surface area contributed by atoms with Crippen LogP contribution in [0.15, 0.2) is 24.3 Å². The Morgan fingerprint density at radius 3 is 2.45 bits per heavy atom. The lowest BCUT2D eigenvalue weighted by Gasteiger charge is -2.17. The van der Waals surface area contributed by atoms with E-state index in [1.165, 1.54) is 0 Å². The maximum absolute atomic E-state index is 11.8. The van der Waals surface area contributed by atoms with Gasteiger partial charge in [0.15, 0.2) is 0 Å². The standard InChI is InChI=1S/C14H20N2O4/c1-9(10-3-5-11(20-2)6-4-10)16-14(19)12(15)7-8-13(17)18/h3-6,9,12H,7-8,15H2,1-2H3,(H,16,19)(H,17,18)/t9-,12?/m1/s1. The van der Waals surface area contributed by atoms with E-state index in [-0.39, 0.29) is 24.8 Å². The van der Waals surface area contributed by atoms with Crippen molar-refractivity contribution < 1.29 is 19.4 Å². The maximum Gasteiger partial charge on any atom is 0.303 e. The molecule has 6 heteroatoms. The molecular weight excluding hydrogens is 260 g/mol. The highest BCUT2D eigenvalue weighted by Gasteiger charge is 2.17. The van der Waals surface area contributed by atoms with Crippen LogP contribution < -0.4 is 15.8 Å². The van der Waals surface area contributed by atoms with Gasteiger partial charge in [-0.15, -0.1) is 0 Å². The van der Waals surface area contributed by atoms with E-state index in [1.54, 1.807) is 7.11 Å². The van der Waals surface area contributed by atoms with Crippen LogP contribution in [0, 0.1) is 0 Å². The number of carboxylic acids is 1. The van der Waals surface area contributed by atoms with E-state index in [1.807, 2.05) is 31.2 Å². The second-order valence-electron chi connectivity index (χ2n) is 4.54. The van der Waals surface area contributed by atoms with Crippen LogP contribution in [0.5, 0.6) is 5.75 Å². The highest BCUT2D eigenvalue weighted by atomic mass is 16.5. The molecular formula is C14H20N2O4. The molecule has 0 saturated heterocycles. The number of nitrogens with two attached hydrogens (primary N) is 1. The number of hydrogen-bond acceptors (Lipinski definition) is 4. The molecule has 0 spiro atoms. The number of carboxylic acid groups (broad SMARTS) is 1. The van der Waals surface area contributed by atoms with Crippen molar-refractivity contribution in [3.05, 3.63) is 29.8 Å². The van der Waals surface area contributed by atoms with E-state index in [9.17, 15) is 9.59 Å². The number of ether oxygens (including phenoxy) is 1. The van der Waals surface area contributed by atoms with E-state index in [2.05, 4.69) is 5.32 Å².